The third-order valence-electron chi connectivity index (χ3n) is 5.73. The van der Waals surface area contributed by atoms with Gasteiger partial charge < -0.3 is 14.6 Å². The molecule has 0 atom stereocenters. The minimum atomic E-state index is -0.124. The second-order valence-electron chi connectivity index (χ2n) is 7.72. The minimum absolute atomic E-state index is 0.0707. The number of aromatic nitrogens is 2. The van der Waals surface area contributed by atoms with Crippen LogP contribution in [0.1, 0.15) is 21.7 Å². The van der Waals surface area contributed by atoms with Crippen LogP contribution >= 0.6 is 23.2 Å². The highest BCUT2D eigenvalue weighted by molar-refractivity contribution is 6.39. The average Bonchev–Trinajstić information content (AvgIpc) is 2.89. The number of pyridine rings is 1. The summed E-state index contributed by atoms with van der Waals surface area (Å²) in [5, 5.41) is 5.96. The third-order valence-corrected chi connectivity index (χ3v) is 6.33. The molecule has 5 rings (SSSR count). The number of nitrogens with one attached hydrogen (secondary N) is 1. The number of rotatable bonds is 4. The maximum Gasteiger partial charge on any atom is 0.202 e. The number of carbonyl (C=O) groups excluding carboxylic acids is 1. The third kappa shape index (κ3) is 3.57. The Kier molecular flexibility index (Phi) is 5.34. The maximum absolute atomic E-state index is 13.4. The lowest BCUT2D eigenvalue weighted by molar-refractivity contribution is 0.0923. The summed E-state index contributed by atoms with van der Waals surface area (Å²) in [5.41, 5.74) is 4.25. The number of halogens is 2. The van der Waals surface area contributed by atoms with Crippen LogP contribution < -0.4 is 10.1 Å². The Labute approximate surface area is 189 Å². The number of ketones is 1. The number of hydrogen-bond acceptors (Lipinski definition) is 4. The van der Waals surface area contributed by atoms with Crippen LogP contribution in [-0.4, -0.2) is 35.0 Å². The van der Waals surface area contributed by atoms with Crippen molar-refractivity contribution in [1.29, 1.82) is 0 Å². The summed E-state index contributed by atoms with van der Waals surface area (Å²) >= 11 is 12.8. The highest BCUT2D eigenvalue weighted by atomic mass is 35.5. The first-order chi connectivity index (χ1) is 15.0. The average molecular weight is 454 g/mol. The molecule has 0 saturated carbocycles. The first-order valence-corrected chi connectivity index (χ1v) is 11.0. The number of para-hydroxylation sites is 1. The Bertz CT molecular complexity index is 1330. The van der Waals surface area contributed by atoms with Crippen molar-refractivity contribution in [2.24, 2.45) is 0 Å². The van der Waals surface area contributed by atoms with Gasteiger partial charge >= 0.3 is 0 Å². The Morgan fingerprint density at radius 2 is 1.97 bits per heavy atom. The lowest BCUT2D eigenvalue weighted by Crippen LogP contribution is -2.18. The molecule has 0 bridgehead atoms. The first-order valence-electron chi connectivity index (χ1n) is 10.3. The number of ether oxygens (including phenoxy) is 1. The van der Waals surface area contributed by atoms with Crippen molar-refractivity contribution in [3.63, 3.8) is 0 Å². The van der Waals surface area contributed by atoms with E-state index >= 15 is 0 Å². The molecule has 3 heterocycles. The standard InChI is InChI=1S/C24H21Cl2N3O2/c1-14-6-7-15-17(25)12-18(26)24(23(15)28-14)31-13-21(30)22-16-4-2-3-5-19(16)29-11-10-27-9-8-20(22)29/h2-7,12,27H,8-11,13H2,1H3. The molecule has 0 aliphatic carbocycles. The van der Waals surface area contributed by atoms with Crippen LogP contribution in [0.15, 0.2) is 42.5 Å². The molecule has 1 aliphatic rings. The van der Waals surface area contributed by atoms with Gasteiger partial charge in [-0.1, -0.05) is 41.4 Å². The fourth-order valence-electron chi connectivity index (χ4n) is 4.34. The molecule has 0 saturated heterocycles. The molecule has 0 fully saturated rings. The van der Waals surface area contributed by atoms with Crippen LogP contribution in [0, 0.1) is 6.92 Å². The van der Waals surface area contributed by atoms with Crippen LogP contribution in [0.3, 0.4) is 0 Å². The van der Waals surface area contributed by atoms with Gasteiger partial charge in [-0.05, 0) is 31.2 Å². The minimum Gasteiger partial charge on any atom is -0.482 e. The molecule has 2 aromatic heterocycles. The zero-order valence-electron chi connectivity index (χ0n) is 17.0. The van der Waals surface area contributed by atoms with Crippen LogP contribution in [0.2, 0.25) is 10.0 Å². The lowest BCUT2D eigenvalue weighted by atomic mass is 10.1. The van der Waals surface area contributed by atoms with Gasteiger partial charge in [-0.3, -0.25) is 4.79 Å². The van der Waals surface area contributed by atoms with Gasteiger partial charge in [0.25, 0.3) is 0 Å². The zero-order chi connectivity index (χ0) is 21.5. The monoisotopic (exact) mass is 453 g/mol. The summed E-state index contributed by atoms with van der Waals surface area (Å²) in [6.07, 6.45) is 0.793. The fraction of sp³-hybridized carbons (Fsp3) is 0.250. The van der Waals surface area contributed by atoms with E-state index in [0.29, 0.717) is 21.3 Å². The van der Waals surface area contributed by atoms with Crippen LogP contribution in [0.25, 0.3) is 21.8 Å². The van der Waals surface area contributed by atoms with E-state index in [-0.39, 0.29) is 12.4 Å². The van der Waals surface area contributed by atoms with Gasteiger partial charge in [0.1, 0.15) is 5.52 Å². The van der Waals surface area contributed by atoms with Gasteiger partial charge in [0, 0.05) is 53.7 Å². The molecule has 2 aromatic carbocycles. The lowest BCUT2D eigenvalue weighted by Gasteiger charge is -2.12. The van der Waals surface area contributed by atoms with Crippen molar-refractivity contribution in [1.82, 2.24) is 14.9 Å². The summed E-state index contributed by atoms with van der Waals surface area (Å²) in [6.45, 7) is 4.32. The second-order valence-corrected chi connectivity index (χ2v) is 8.53. The quantitative estimate of drug-likeness (QED) is 0.430. The molecule has 1 N–H and O–H groups in total. The van der Waals surface area contributed by atoms with Crippen LogP contribution in [0.5, 0.6) is 5.75 Å². The number of benzene rings is 2. The molecule has 0 spiro atoms. The smallest absolute Gasteiger partial charge is 0.202 e. The maximum atomic E-state index is 13.4. The van der Waals surface area contributed by atoms with E-state index in [2.05, 4.69) is 20.9 Å². The summed E-state index contributed by atoms with van der Waals surface area (Å²) in [5.74, 6) is 0.313. The molecular weight excluding hydrogens is 433 g/mol. The number of Topliss-reactive ketones (excluding diaryl/α,β-unsaturated/α-hetero) is 1. The number of aryl methyl sites for hydroxylation is 1. The number of carbonyl (C=O) groups is 1. The zero-order valence-corrected chi connectivity index (χ0v) is 18.6. The molecule has 0 unspecified atom stereocenters. The molecular formula is C24H21Cl2N3O2. The highest BCUT2D eigenvalue weighted by Crippen LogP contribution is 2.37. The van der Waals surface area contributed by atoms with Crippen molar-refractivity contribution in [3.8, 4) is 5.75 Å². The van der Waals surface area contributed by atoms with Crippen molar-refractivity contribution in [3.05, 3.63) is 69.5 Å². The van der Waals surface area contributed by atoms with Crippen molar-refractivity contribution in [2.75, 3.05) is 19.7 Å². The topological polar surface area (TPSA) is 56.1 Å². The number of nitrogens with zero attached hydrogens (tertiary/aromatic N) is 2. The van der Waals surface area contributed by atoms with Crippen molar-refractivity contribution < 1.29 is 9.53 Å². The number of fused-ring (bicyclic) bond motifs is 4. The summed E-state index contributed by atoms with van der Waals surface area (Å²) in [7, 11) is 0. The summed E-state index contributed by atoms with van der Waals surface area (Å²) in [6, 6.07) is 13.5. The Morgan fingerprint density at radius 1 is 1.13 bits per heavy atom. The molecule has 1 aliphatic heterocycles. The van der Waals surface area contributed by atoms with E-state index in [1.165, 1.54) is 0 Å². The van der Waals surface area contributed by atoms with E-state index in [4.69, 9.17) is 27.9 Å². The molecule has 4 aromatic rings. The van der Waals surface area contributed by atoms with Crippen molar-refractivity contribution >= 4 is 50.8 Å². The van der Waals surface area contributed by atoms with Gasteiger partial charge in [0.2, 0.25) is 5.78 Å². The fourth-order valence-corrected chi connectivity index (χ4v) is 4.91. The summed E-state index contributed by atoms with van der Waals surface area (Å²) in [4.78, 5) is 18.0. The molecule has 5 nitrogen and oxygen atoms in total. The van der Waals surface area contributed by atoms with Gasteiger partial charge in [-0.15, -0.1) is 0 Å². The highest BCUT2D eigenvalue weighted by Gasteiger charge is 2.24. The Hall–Kier alpha value is -2.60. The summed E-state index contributed by atoms with van der Waals surface area (Å²) < 4.78 is 8.24. The predicted octanol–water partition coefficient (Wildman–Crippen LogP) is 5.21. The predicted molar refractivity (Wildman–Crippen MR) is 125 cm³/mol. The normalized spacial score (nSPS) is 13.9. The van der Waals surface area contributed by atoms with Gasteiger partial charge in [-0.2, -0.15) is 0 Å². The molecule has 158 valence electrons. The molecule has 0 radical (unpaired) electrons. The van der Waals surface area contributed by atoms with E-state index in [9.17, 15) is 4.79 Å². The number of hydrogen-bond donors (Lipinski definition) is 1. The SMILES string of the molecule is Cc1ccc2c(Cl)cc(Cl)c(OCC(=O)c3c4n(c5ccccc35)CCNCC4)c2n1. The Balaban J connectivity index is 1.54. The van der Waals surface area contributed by atoms with E-state index in [1.807, 2.05) is 37.3 Å². The molecule has 7 heteroatoms. The van der Waals surface area contributed by atoms with Crippen molar-refractivity contribution in [2.45, 2.75) is 19.9 Å². The first kappa shape index (κ1) is 20.3. The van der Waals surface area contributed by atoms with Gasteiger partial charge in [0.15, 0.2) is 12.4 Å². The van der Waals surface area contributed by atoms with Crippen LogP contribution in [-0.2, 0) is 13.0 Å². The van der Waals surface area contributed by atoms with E-state index in [1.54, 1.807) is 6.07 Å². The van der Waals surface area contributed by atoms with E-state index < -0.39 is 0 Å². The molecule has 31 heavy (non-hydrogen) atoms. The van der Waals surface area contributed by atoms with E-state index in [0.717, 1.165) is 59.3 Å². The largest absolute Gasteiger partial charge is 0.482 e. The molecule has 0 amide bonds. The second kappa shape index (κ2) is 8.15. The van der Waals surface area contributed by atoms with Gasteiger partial charge in [0.05, 0.1) is 15.6 Å². The van der Waals surface area contributed by atoms with Gasteiger partial charge in [-0.25, -0.2) is 4.98 Å². The Morgan fingerprint density at radius 3 is 2.84 bits per heavy atom. The van der Waals surface area contributed by atoms with Crippen LogP contribution in [0.4, 0.5) is 0 Å².